The van der Waals surface area contributed by atoms with Gasteiger partial charge in [-0.25, -0.2) is 0 Å². The van der Waals surface area contributed by atoms with Crippen molar-refractivity contribution in [3.8, 4) is 0 Å². The Kier molecular flexibility index (Phi) is 4.62. The predicted molar refractivity (Wildman–Crippen MR) is 67.2 cm³/mol. The number of rotatable bonds is 4. The highest BCUT2D eigenvalue weighted by molar-refractivity contribution is 6.31. The molecule has 0 fully saturated rings. The molecule has 1 unspecified atom stereocenters. The molecule has 1 nitrogen and oxygen atoms in total. The molecule has 0 aromatic heterocycles. The van der Waals surface area contributed by atoms with E-state index in [9.17, 15) is 0 Å². The second-order valence-corrected chi connectivity index (χ2v) is 4.85. The number of aryl methyl sites for hydroxylation is 1. The average molecular weight is 226 g/mol. The van der Waals surface area contributed by atoms with E-state index in [1.165, 1.54) is 5.56 Å². The van der Waals surface area contributed by atoms with E-state index in [0.717, 1.165) is 23.4 Å². The van der Waals surface area contributed by atoms with Crippen LogP contribution in [0.2, 0.25) is 5.02 Å². The van der Waals surface area contributed by atoms with E-state index in [1.54, 1.807) is 0 Å². The van der Waals surface area contributed by atoms with Gasteiger partial charge in [-0.05, 0) is 36.0 Å². The number of hydrogen-bond acceptors (Lipinski definition) is 1. The van der Waals surface area contributed by atoms with E-state index in [2.05, 4.69) is 32.9 Å². The summed E-state index contributed by atoms with van der Waals surface area (Å²) in [4.78, 5) is 0. The maximum Gasteiger partial charge on any atom is 0.0453 e. The number of hydrogen-bond donors (Lipinski definition) is 1. The van der Waals surface area contributed by atoms with Crippen molar-refractivity contribution in [2.45, 2.75) is 39.7 Å². The van der Waals surface area contributed by atoms with Crippen LogP contribution in [0.3, 0.4) is 0 Å². The van der Waals surface area contributed by atoms with E-state index in [4.69, 9.17) is 17.3 Å². The predicted octanol–water partition coefficient (Wildman–Crippen LogP) is 3.95. The van der Waals surface area contributed by atoms with Gasteiger partial charge in [0.1, 0.15) is 0 Å². The fraction of sp³-hybridized carbons (Fsp3) is 0.538. The molecular formula is C13H20ClN. The van der Waals surface area contributed by atoms with Crippen LogP contribution in [-0.2, 0) is 6.42 Å². The van der Waals surface area contributed by atoms with Gasteiger partial charge in [-0.3, -0.25) is 0 Å². The first-order valence-electron chi connectivity index (χ1n) is 5.58. The molecule has 0 spiro atoms. The smallest absolute Gasteiger partial charge is 0.0453 e. The molecule has 0 saturated carbocycles. The molecule has 2 heteroatoms. The largest absolute Gasteiger partial charge is 0.324 e. The summed E-state index contributed by atoms with van der Waals surface area (Å²) in [6, 6.07) is 6.21. The van der Waals surface area contributed by atoms with Crippen molar-refractivity contribution >= 4 is 11.6 Å². The quantitative estimate of drug-likeness (QED) is 0.825. The van der Waals surface area contributed by atoms with Crippen LogP contribution in [0, 0.1) is 5.92 Å². The molecule has 2 N–H and O–H groups in total. The molecule has 0 radical (unpaired) electrons. The Morgan fingerprint density at radius 3 is 2.53 bits per heavy atom. The number of halogens is 1. The molecule has 0 aliphatic carbocycles. The van der Waals surface area contributed by atoms with Crippen molar-refractivity contribution in [2.75, 3.05) is 0 Å². The minimum atomic E-state index is 0.0593. The van der Waals surface area contributed by atoms with E-state index in [0.29, 0.717) is 5.92 Å². The third-order valence-corrected chi connectivity index (χ3v) is 2.94. The summed E-state index contributed by atoms with van der Waals surface area (Å²) in [5.74, 6) is 0.598. The van der Waals surface area contributed by atoms with E-state index >= 15 is 0 Å². The summed E-state index contributed by atoms with van der Waals surface area (Å²) in [5, 5.41) is 0.792. The lowest BCUT2D eigenvalue weighted by Gasteiger charge is -2.16. The van der Waals surface area contributed by atoms with Crippen molar-refractivity contribution in [1.29, 1.82) is 0 Å². The van der Waals surface area contributed by atoms with Gasteiger partial charge in [0.2, 0.25) is 0 Å². The van der Waals surface area contributed by atoms with Gasteiger partial charge in [0.25, 0.3) is 0 Å². The highest BCUT2D eigenvalue weighted by Gasteiger charge is 2.12. The average Bonchev–Trinajstić information content (AvgIpc) is 2.17. The fourth-order valence-corrected chi connectivity index (χ4v) is 1.99. The monoisotopic (exact) mass is 225 g/mol. The van der Waals surface area contributed by atoms with Gasteiger partial charge in [0, 0.05) is 11.1 Å². The molecule has 1 aromatic rings. The molecule has 0 aliphatic rings. The van der Waals surface area contributed by atoms with Crippen LogP contribution in [0.25, 0.3) is 0 Å². The van der Waals surface area contributed by atoms with Crippen LogP contribution in [0.1, 0.15) is 44.4 Å². The topological polar surface area (TPSA) is 26.0 Å². The van der Waals surface area contributed by atoms with Crippen molar-refractivity contribution in [2.24, 2.45) is 11.7 Å². The standard InChI is InChI=1S/C13H20ClN/c1-4-10-5-6-12(14)11(8-10)13(15)7-9(2)3/h5-6,8-9,13H,4,7,15H2,1-3H3. The SMILES string of the molecule is CCc1ccc(Cl)c(C(N)CC(C)C)c1. The lowest BCUT2D eigenvalue weighted by Crippen LogP contribution is -2.13. The van der Waals surface area contributed by atoms with Gasteiger partial charge in [-0.1, -0.05) is 44.5 Å². The summed E-state index contributed by atoms with van der Waals surface area (Å²) in [6.07, 6.45) is 2.01. The van der Waals surface area contributed by atoms with Crippen LogP contribution < -0.4 is 5.73 Å². The van der Waals surface area contributed by atoms with Gasteiger partial charge in [-0.2, -0.15) is 0 Å². The molecule has 0 amide bonds. The van der Waals surface area contributed by atoms with Crippen molar-refractivity contribution in [1.82, 2.24) is 0 Å². The first kappa shape index (κ1) is 12.5. The summed E-state index contributed by atoms with van der Waals surface area (Å²) in [5.41, 5.74) is 8.52. The third-order valence-electron chi connectivity index (χ3n) is 2.59. The Morgan fingerprint density at radius 1 is 1.33 bits per heavy atom. The van der Waals surface area contributed by atoms with Crippen LogP contribution in [0.15, 0.2) is 18.2 Å². The van der Waals surface area contributed by atoms with Gasteiger partial charge in [-0.15, -0.1) is 0 Å². The van der Waals surface area contributed by atoms with Gasteiger partial charge in [0.05, 0.1) is 0 Å². The Morgan fingerprint density at radius 2 is 2.00 bits per heavy atom. The molecule has 0 bridgehead atoms. The van der Waals surface area contributed by atoms with E-state index in [-0.39, 0.29) is 6.04 Å². The van der Waals surface area contributed by atoms with Crippen molar-refractivity contribution in [3.05, 3.63) is 34.3 Å². The normalized spacial score (nSPS) is 13.2. The fourth-order valence-electron chi connectivity index (χ4n) is 1.73. The second kappa shape index (κ2) is 5.53. The summed E-state index contributed by atoms with van der Waals surface area (Å²) < 4.78 is 0. The first-order valence-corrected chi connectivity index (χ1v) is 5.96. The van der Waals surface area contributed by atoms with Crippen LogP contribution in [0.4, 0.5) is 0 Å². The maximum absolute atomic E-state index is 6.15. The minimum Gasteiger partial charge on any atom is -0.324 e. The lowest BCUT2D eigenvalue weighted by atomic mass is 9.96. The van der Waals surface area contributed by atoms with Crippen molar-refractivity contribution in [3.63, 3.8) is 0 Å². The zero-order valence-electron chi connectivity index (χ0n) is 9.76. The Balaban J connectivity index is 2.91. The van der Waals surface area contributed by atoms with Crippen LogP contribution in [-0.4, -0.2) is 0 Å². The molecule has 1 rings (SSSR count). The van der Waals surface area contributed by atoms with Gasteiger partial charge < -0.3 is 5.73 Å². The van der Waals surface area contributed by atoms with E-state index < -0.39 is 0 Å². The molecule has 15 heavy (non-hydrogen) atoms. The molecule has 0 aliphatic heterocycles. The highest BCUT2D eigenvalue weighted by atomic mass is 35.5. The number of nitrogens with two attached hydrogens (primary N) is 1. The molecule has 0 saturated heterocycles. The number of benzene rings is 1. The Bertz CT molecular complexity index is 320. The lowest BCUT2D eigenvalue weighted by molar-refractivity contribution is 0.510. The molecule has 84 valence electrons. The molecular weight excluding hydrogens is 206 g/mol. The van der Waals surface area contributed by atoms with Crippen LogP contribution in [0.5, 0.6) is 0 Å². The minimum absolute atomic E-state index is 0.0593. The highest BCUT2D eigenvalue weighted by Crippen LogP contribution is 2.27. The van der Waals surface area contributed by atoms with Gasteiger partial charge >= 0.3 is 0 Å². The molecule has 1 atom stereocenters. The molecule has 1 aromatic carbocycles. The van der Waals surface area contributed by atoms with Crippen molar-refractivity contribution < 1.29 is 0 Å². The maximum atomic E-state index is 6.15. The van der Waals surface area contributed by atoms with Gasteiger partial charge in [0.15, 0.2) is 0 Å². The first-order chi connectivity index (χ1) is 7.04. The summed E-state index contributed by atoms with van der Waals surface area (Å²) >= 11 is 6.15. The van der Waals surface area contributed by atoms with Crippen LogP contribution >= 0.6 is 11.6 Å². The Hall–Kier alpha value is -0.530. The summed E-state index contributed by atoms with van der Waals surface area (Å²) in [6.45, 7) is 6.50. The Labute approximate surface area is 97.6 Å². The second-order valence-electron chi connectivity index (χ2n) is 4.45. The molecule has 0 heterocycles. The zero-order chi connectivity index (χ0) is 11.4. The third kappa shape index (κ3) is 3.51. The summed E-state index contributed by atoms with van der Waals surface area (Å²) in [7, 11) is 0. The zero-order valence-corrected chi connectivity index (χ0v) is 10.5. The van der Waals surface area contributed by atoms with E-state index in [1.807, 2.05) is 6.07 Å².